The standard InChI is InChI=1S/C23H31N5O2/c1-16-14-27(9-10-28(16)20-5-3-2-4-6-20)15-19-13-25-26-22(19)17-7-8-21-18(11-17)12-24-23(29)30-21/h7-8,11,13,16,20H,2-6,9-10,12,14-15H2,1H3,(H,24,29)(H,25,26). The van der Waals surface area contributed by atoms with Crippen LogP contribution < -0.4 is 10.1 Å². The lowest BCUT2D eigenvalue weighted by Gasteiger charge is -2.45. The molecule has 1 atom stereocenters. The Morgan fingerprint density at radius 2 is 2.07 bits per heavy atom. The third-order valence-electron chi connectivity index (χ3n) is 6.88. The van der Waals surface area contributed by atoms with Gasteiger partial charge < -0.3 is 10.1 Å². The fourth-order valence-corrected chi connectivity index (χ4v) is 5.34. The maximum Gasteiger partial charge on any atom is 0.412 e. The van der Waals surface area contributed by atoms with Crippen LogP contribution in [0.5, 0.6) is 5.75 Å². The van der Waals surface area contributed by atoms with Crippen LogP contribution in [-0.4, -0.2) is 57.8 Å². The van der Waals surface area contributed by atoms with Gasteiger partial charge in [-0.1, -0.05) is 19.3 Å². The average Bonchev–Trinajstić information content (AvgIpc) is 3.22. The molecule has 5 rings (SSSR count). The van der Waals surface area contributed by atoms with Crippen molar-refractivity contribution in [2.45, 2.75) is 64.2 Å². The molecule has 1 aliphatic carbocycles. The Morgan fingerprint density at radius 1 is 1.20 bits per heavy atom. The molecular weight excluding hydrogens is 378 g/mol. The average molecular weight is 410 g/mol. The molecule has 2 N–H and O–H groups in total. The predicted molar refractivity (Wildman–Crippen MR) is 115 cm³/mol. The molecule has 1 saturated heterocycles. The minimum Gasteiger partial charge on any atom is -0.410 e. The maximum absolute atomic E-state index is 11.4. The zero-order valence-corrected chi connectivity index (χ0v) is 17.7. The minimum absolute atomic E-state index is 0.391. The number of aromatic nitrogens is 2. The summed E-state index contributed by atoms with van der Waals surface area (Å²) in [5.41, 5.74) is 4.24. The molecule has 3 aliphatic rings. The van der Waals surface area contributed by atoms with Gasteiger partial charge in [-0.25, -0.2) is 4.79 Å². The van der Waals surface area contributed by atoms with E-state index in [1.165, 1.54) is 37.7 Å². The Labute approximate surface area is 177 Å². The number of carbonyl (C=O) groups excluding carboxylic acids is 1. The zero-order chi connectivity index (χ0) is 20.5. The molecule has 7 heteroatoms. The highest BCUT2D eigenvalue weighted by Crippen LogP contribution is 2.31. The Hall–Kier alpha value is -2.38. The molecule has 1 aromatic carbocycles. The monoisotopic (exact) mass is 409 g/mol. The Balaban J connectivity index is 1.26. The molecule has 7 nitrogen and oxygen atoms in total. The smallest absolute Gasteiger partial charge is 0.410 e. The second-order valence-electron chi connectivity index (χ2n) is 8.94. The molecule has 2 aliphatic heterocycles. The van der Waals surface area contributed by atoms with E-state index in [4.69, 9.17) is 4.74 Å². The first-order chi connectivity index (χ1) is 14.7. The summed E-state index contributed by atoms with van der Waals surface area (Å²) < 4.78 is 5.24. The first-order valence-electron chi connectivity index (χ1n) is 11.3. The predicted octanol–water partition coefficient (Wildman–Crippen LogP) is 3.52. The summed E-state index contributed by atoms with van der Waals surface area (Å²) in [6.07, 6.45) is 8.58. The molecule has 3 heterocycles. The summed E-state index contributed by atoms with van der Waals surface area (Å²) in [4.78, 5) is 16.7. The molecule has 1 unspecified atom stereocenters. The van der Waals surface area contributed by atoms with Crippen LogP contribution in [0.15, 0.2) is 24.4 Å². The summed E-state index contributed by atoms with van der Waals surface area (Å²) >= 11 is 0. The highest BCUT2D eigenvalue weighted by Gasteiger charge is 2.30. The van der Waals surface area contributed by atoms with Crippen LogP contribution in [0.4, 0.5) is 4.79 Å². The Bertz CT molecular complexity index is 905. The summed E-state index contributed by atoms with van der Waals surface area (Å²) in [5, 5.41) is 10.3. The van der Waals surface area contributed by atoms with Gasteiger partial charge >= 0.3 is 6.09 Å². The van der Waals surface area contributed by atoms with Crippen LogP contribution in [0.2, 0.25) is 0 Å². The number of nitrogens with zero attached hydrogens (tertiary/aromatic N) is 3. The van der Waals surface area contributed by atoms with E-state index in [2.05, 4.69) is 38.3 Å². The number of H-pyrrole nitrogens is 1. The molecule has 30 heavy (non-hydrogen) atoms. The number of hydrogen-bond acceptors (Lipinski definition) is 5. The van der Waals surface area contributed by atoms with Crippen molar-refractivity contribution < 1.29 is 9.53 Å². The second kappa shape index (κ2) is 8.40. The zero-order valence-electron chi connectivity index (χ0n) is 17.7. The molecule has 0 spiro atoms. The Morgan fingerprint density at radius 3 is 2.90 bits per heavy atom. The van der Waals surface area contributed by atoms with E-state index >= 15 is 0 Å². The topological polar surface area (TPSA) is 73.5 Å². The number of piperazine rings is 1. The number of ether oxygens (including phenoxy) is 1. The second-order valence-corrected chi connectivity index (χ2v) is 8.94. The molecule has 160 valence electrons. The molecule has 1 saturated carbocycles. The molecular formula is C23H31N5O2. The van der Waals surface area contributed by atoms with Gasteiger partial charge in [0, 0.05) is 67.7 Å². The summed E-state index contributed by atoms with van der Waals surface area (Å²) in [7, 11) is 0. The maximum atomic E-state index is 11.4. The normalized spacial score (nSPS) is 23.6. The lowest BCUT2D eigenvalue weighted by atomic mass is 9.92. The quantitative estimate of drug-likeness (QED) is 0.808. The summed E-state index contributed by atoms with van der Waals surface area (Å²) in [6, 6.07) is 7.31. The lowest BCUT2D eigenvalue weighted by molar-refractivity contribution is 0.0322. The van der Waals surface area contributed by atoms with Crippen molar-refractivity contribution in [2.24, 2.45) is 0 Å². The number of benzene rings is 1. The Kier molecular flexibility index (Phi) is 5.48. The molecule has 2 aromatic rings. The van der Waals surface area contributed by atoms with Gasteiger partial charge in [0.15, 0.2) is 0 Å². The van der Waals surface area contributed by atoms with E-state index < -0.39 is 6.09 Å². The lowest BCUT2D eigenvalue weighted by Crippen LogP contribution is -2.55. The number of hydrogen-bond donors (Lipinski definition) is 2. The van der Waals surface area contributed by atoms with Gasteiger partial charge in [0.05, 0.1) is 5.69 Å². The van der Waals surface area contributed by atoms with E-state index in [-0.39, 0.29) is 0 Å². The van der Waals surface area contributed by atoms with E-state index in [1.807, 2.05) is 18.3 Å². The van der Waals surface area contributed by atoms with Gasteiger partial charge in [-0.15, -0.1) is 0 Å². The number of nitrogens with one attached hydrogen (secondary N) is 2. The fourth-order valence-electron chi connectivity index (χ4n) is 5.34. The van der Waals surface area contributed by atoms with Gasteiger partial charge in [0.2, 0.25) is 0 Å². The number of aromatic amines is 1. The summed E-state index contributed by atoms with van der Waals surface area (Å²) in [5.74, 6) is 0.632. The highest BCUT2D eigenvalue weighted by atomic mass is 16.6. The van der Waals surface area contributed by atoms with Crippen LogP contribution in [0.1, 0.15) is 50.2 Å². The van der Waals surface area contributed by atoms with Crippen molar-refractivity contribution in [3.63, 3.8) is 0 Å². The van der Waals surface area contributed by atoms with Gasteiger partial charge in [-0.3, -0.25) is 14.9 Å². The van der Waals surface area contributed by atoms with Gasteiger partial charge in [-0.2, -0.15) is 5.10 Å². The number of carbonyl (C=O) groups is 1. The molecule has 1 aromatic heterocycles. The van der Waals surface area contributed by atoms with Crippen LogP contribution in [0.25, 0.3) is 11.3 Å². The van der Waals surface area contributed by atoms with Crippen LogP contribution >= 0.6 is 0 Å². The van der Waals surface area contributed by atoms with Crippen molar-refractivity contribution in [3.8, 4) is 17.0 Å². The third kappa shape index (κ3) is 3.96. The fraction of sp³-hybridized carbons (Fsp3) is 0.565. The number of rotatable bonds is 4. The van der Waals surface area contributed by atoms with Crippen LogP contribution in [0, 0.1) is 0 Å². The van der Waals surface area contributed by atoms with Crippen molar-refractivity contribution in [1.29, 1.82) is 0 Å². The minimum atomic E-state index is -0.391. The SMILES string of the molecule is CC1CN(Cc2c[nH]nc2-c2ccc3c(c2)CNC(=O)O3)CCN1C1CCCCC1. The van der Waals surface area contributed by atoms with E-state index in [0.717, 1.165) is 49.0 Å². The number of amides is 1. The van der Waals surface area contributed by atoms with E-state index in [9.17, 15) is 4.79 Å². The van der Waals surface area contributed by atoms with E-state index in [0.29, 0.717) is 18.3 Å². The van der Waals surface area contributed by atoms with E-state index in [1.54, 1.807) is 0 Å². The van der Waals surface area contributed by atoms with Crippen LogP contribution in [0.3, 0.4) is 0 Å². The van der Waals surface area contributed by atoms with Crippen molar-refractivity contribution in [1.82, 2.24) is 25.3 Å². The molecule has 0 radical (unpaired) electrons. The molecule has 0 bridgehead atoms. The third-order valence-corrected chi connectivity index (χ3v) is 6.88. The van der Waals surface area contributed by atoms with Crippen molar-refractivity contribution in [3.05, 3.63) is 35.5 Å². The molecule has 2 fully saturated rings. The highest BCUT2D eigenvalue weighted by molar-refractivity contribution is 5.74. The van der Waals surface area contributed by atoms with Crippen LogP contribution in [-0.2, 0) is 13.1 Å². The largest absolute Gasteiger partial charge is 0.412 e. The summed E-state index contributed by atoms with van der Waals surface area (Å²) in [6.45, 7) is 7.14. The first kappa shape index (κ1) is 19.6. The molecule has 1 amide bonds. The van der Waals surface area contributed by atoms with Crippen molar-refractivity contribution in [2.75, 3.05) is 19.6 Å². The van der Waals surface area contributed by atoms with Gasteiger partial charge in [-0.05, 0) is 38.0 Å². The number of fused-ring (bicyclic) bond motifs is 1. The van der Waals surface area contributed by atoms with Crippen molar-refractivity contribution >= 4 is 6.09 Å². The van der Waals surface area contributed by atoms with Gasteiger partial charge in [0.1, 0.15) is 5.75 Å². The first-order valence-corrected chi connectivity index (χ1v) is 11.3. The van der Waals surface area contributed by atoms with Gasteiger partial charge in [0.25, 0.3) is 0 Å².